The van der Waals surface area contributed by atoms with Gasteiger partial charge < -0.3 is 20.5 Å². The van der Waals surface area contributed by atoms with Gasteiger partial charge in [-0.05, 0) is 79.9 Å². The van der Waals surface area contributed by atoms with Gasteiger partial charge in [-0.3, -0.25) is 4.79 Å². The molecule has 35 heavy (non-hydrogen) atoms. The molecule has 1 aliphatic rings. The van der Waals surface area contributed by atoms with Crippen LogP contribution >= 0.6 is 11.8 Å². The van der Waals surface area contributed by atoms with Crippen LogP contribution in [0.1, 0.15) is 73.4 Å². The lowest BCUT2D eigenvalue weighted by Crippen LogP contribution is -2.32. The molecule has 1 aliphatic carbocycles. The number of benzene rings is 2. The molecule has 1 saturated carbocycles. The molecule has 0 spiro atoms. The minimum Gasteiger partial charge on any atom is -0.549 e. The van der Waals surface area contributed by atoms with Crippen LogP contribution in [0, 0.1) is 12.8 Å². The Bertz CT molecular complexity index is 953. The molecular weight excluding hydrogens is 456 g/mol. The van der Waals surface area contributed by atoms with Crippen LogP contribution in [0.25, 0.3) is 11.1 Å². The van der Waals surface area contributed by atoms with E-state index in [0.717, 1.165) is 35.7 Å². The van der Waals surface area contributed by atoms with Gasteiger partial charge >= 0.3 is 0 Å². The number of rotatable bonds is 10. The second kappa shape index (κ2) is 14.9. The van der Waals surface area contributed by atoms with Crippen molar-refractivity contribution in [1.29, 1.82) is 0 Å². The maximum Gasteiger partial charge on any atom is 0.249 e. The third-order valence-electron chi connectivity index (χ3n) is 6.80. The average molecular weight is 498 g/mol. The molecule has 0 aromatic heterocycles. The Kier molecular flexibility index (Phi) is 12.4. The highest BCUT2D eigenvalue weighted by molar-refractivity contribution is 7.99. The lowest BCUT2D eigenvalue weighted by Gasteiger charge is -2.25. The first-order valence-electron chi connectivity index (χ1n) is 12.7. The van der Waals surface area contributed by atoms with E-state index in [-0.39, 0.29) is 11.2 Å². The van der Waals surface area contributed by atoms with Gasteiger partial charge in [0.25, 0.3) is 0 Å². The number of primary amides is 1. The van der Waals surface area contributed by atoms with E-state index >= 15 is 0 Å². The lowest BCUT2D eigenvalue weighted by molar-refractivity contribution is -0.304. The van der Waals surface area contributed by atoms with Gasteiger partial charge in [-0.1, -0.05) is 69.4 Å². The van der Waals surface area contributed by atoms with Crippen molar-refractivity contribution in [2.45, 2.75) is 70.6 Å². The Morgan fingerprint density at radius 3 is 2.34 bits per heavy atom. The van der Waals surface area contributed by atoms with E-state index in [4.69, 9.17) is 5.73 Å². The fourth-order valence-electron chi connectivity index (χ4n) is 4.70. The van der Waals surface area contributed by atoms with Crippen LogP contribution in [0.5, 0.6) is 0 Å². The number of carbonyl (C=O) groups excluding carboxylic acids is 2. The molecule has 1 atom stereocenters. The average Bonchev–Trinajstić information content (AvgIpc) is 2.84. The highest BCUT2D eigenvalue weighted by Crippen LogP contribution is 2.29. The maximum atomic E-state index is 11.9. The number of nitrogens with two attached hydrogens (primary N) is 1. The molecule has 1 fully saturated rings. The monoisotopic (exact) mass is 497 g/mol. The highest BCUT2D eigenvalue weighted by atomic mass is 32.2. The van der Waals surface area contributed by atoms with Gasteiger partial charge in [0.1, 0.15) is 0 Å². The maximum absolute atomic E-state index is 11.9. The van der Waals surface area contributed by atoms with Gasteiger partial charge in [-0.2, -0.15) is 11.8 Å². The minimum atomic E-state index is -0.958. The number of nitrogens with zero attached hydrogens (tertiary/aromatic N) is 1. The SMILES string of the molecule is CCC(SC)C(=O)[O-].Cc1ccccc1-c1cc(CN(C)CCC2CCCCC2)ccc1C(N)=O. The van der Waals surface area contributed by atoms with Crippen LogP contribution in [0.15, 0.2) is 42.5 Å². The molecule has 3 rings (SSSR count). The Labute approximate surface area is 215 Å². The van der Waals surface area contributed by atoms with Crippen LogP contribution in [-0.2, 0) is 11.3 Å². The van der Waals surface area contributed by atoms with Crippen molar-refractivity contribution in [3.8, 4) is 11.1 Å². The zero-order valence-corrected chi connectivity index (χ0v) is 22.5. The second-order valence-electron chi connectivity index (χ2n) is 9.54. The highest BCUT2D eigenvalue weighted by Gasteiger charge is 2.16. The van der Waals surface area contributed by atoms with E-state index in [9.17, 15) is 14.7 Å². The normalized spacial score (nSPS) is 14.8. The van der Waals surface area contributed by atoms with E-state index in [2.05, 4.69) is 37.1 Å². The summed E-state index contributed by atoms with van der Waals surface area (Å²) in [6, 6.07) is 14.2. The number of aliphatic carboxylic acids is 1. The molecule has 0 radical (unpaired) electrons. The number of amides is 1. The summed E-state index contributed by atoms with van der Waals surface area (Å²) in [4.78, 5) is 24.4. The first kappa shape index (κ1) is 28.9. The summed E-state index contributed by atoms with van der Waals surface area (Å²) in [5.74, 6) is -0.425. The fraction of sp³-hybridized carbons (Fsp3) is 0.517. The molecule has 0 saturated heterocycles. The molecule has 0 bridgehead atoms. The van der Waals surface area contributed by atoms with Crippen molar-refractivity contribution in [3.05, 3.63) is 59.2 Å². The predicted octanol–water partition coefficient (Wildman–Crippen LogP) is 5.04. The third-order valence-corrected chi connectivity index (χ3v) is 7.89. The number of hydrogen-bond donors (Lipinski definition) is 1. The summed E-state index contributed by atoms with van der Waals surface area (Å²) in [5, 5.41) is 9.71. The quantitative estimate of drug-likeness (QED) is 0.497. The van der Waals surface area contributed by atoms with E-state index in [1.165, 1.54) is 55.9 Å². The standard InChI is InChI=1S/C24H32N2O.C5H10O2S/c1-18-8-6-7-11-21(18)23-16-20(12-13-22(23)24(25)27)17-26(2)15-14-19-9-4-3-5-10-19;1-3-4(8-2)5(6)7/h6-8,11-13,16,19H,3-5,9-10,14-15,17H2,1-2H3,(H2,25,27);4H,3H2,1-2H3,(H,6,7)/p-1. The van der Waals surface area contributed by atoms with E-state index in [0.29, 0.717) is 12.0 Å². The van der Waals surface area contributed by atoms with Crippen LogP contribution in [0.4, 0.5) is 0 Å². The minimum absolute atomic E-state index is 0.324. The zero-order chi connectivity index (χ0) is 25.8. The molecule has 1 unspecified atom stereocenters. The third kappa shape index (κ3) is 9.34. The summed E-state index contributed by atoms with van der Waals surface area (Å²) in [5.41, 5.74) is 10.6. The topological polar surface area (TPSA) is 86.5 Å². The van der Waals surface area contributed by atoms with E-state index < -0.39 is 5.97 Å². The van der Waals surface area contributed by atoms with Crippen LogP contribution in [0.3, 0.4) is 0 Å². The largest absolute Gasteiger partial charge is 0.549 e. The number of hydrogen-bond acceptors (Lipinski definition) is 5. The van der Waals surface area contributed by atoms with Crippen molar-refractivity contribution in [2.75, 3.05) is 19.8 Å². The van der Waals surface area contributed by atoms with Crippen molar-refractivity contribution >= 4 is 23.6 Å². The second-order valence-corrected chi connectivity index (χ2v) is 10.6. The summed E-state index contributed by atoms with van der Waals surface area (Å²) in [7, 11) is 2.19. The molecule has 0 aliphatic heterocycles. The smallest absolute Gasteiger partial charge is 0.249 e. The van der Waals surface area contributed by atoms with Gasteiger partial charge in [-0.25, -0.2) is 0 Å². The number of carboxylic acids is 1. The molecule has 2 aromatic rings. The summed E-state index contributed by atoms with van der Waals surface area (Å²) >= 11 is 1.32. The Balaban J connectivity index is 0.000000466. The molecular formula is C29H41N2O3S-. The summed E-state index contributed by atoms with van der Waals surface area (Å²) in [6.45, 7) is 5.92. The zero-order valence-electron chi connectivity index (χ0n) is 21.7. The number of carboxylic acid groups (broad SMARTS) is 1. The van der Waals surface area contributed by atoms with Crippen molar-refractivity contribution < 1.29 is 14.7 Å². The molecule has 6 heteroatoms. The van der Waals surface area contributed by atoms with Crippen LogP contribution in [0.2, 0.25) is 0 Å². The van der Waals surface area contributed by atoms with E-state index in [1.54, 1.807) is 6.26 Å². The Morgan fingerprint density at radius 1 is 1.11 bits per heavy atom. The predicted molar refractivity (Wildman–Crippen MR) is 145 cm³/mol. The Morgan fingerprint density at radius 2 is 1.80 bits per heavy atom. The number of carbonyl (C=O) groups is 2. The first-order chi connectivity index (χ1) is 16.8. The van der Waals surface area contributed by atoms with Gasteiger partial charge in [0.15, 0.2) is 0 Å². The van der Waals surface area contributed by atoms with Gasteiger partial charge in [0, 0.05) is 17.4 Å². The van der Waals surface area contributed by atoms with Crippen molar-refractivity contribution in [1.82, 2.24) is 4.90 Å². The number of aryl methyl sites for hydroxylation is 1. The Hall–Kier alpha value is -2.31. The van der Waals surface area contributed by atoms with Crippen molar-refractivity contribution in [3.63, 3.8) is 0 Å². The van der Waals surface area contributed by atoms with Crippen LogP contribution < -0.4 is 10.8 Å². The van der Waals surface area contributed by atoms with Gasteiger partial charge in [0.2, 0.25) is 5.91 Å². The molecule has 2 N–H and O–H groups in total. The van der Waals surface area contributed by atoms with Crippen molar-refractivity contribution in [2.24, 2.45) is 11.7 Å². The summed E-state index contributed by atoms with van der Waals surface area (Å²) < 4.78 is 0. The molecule has 0 heterocycles. The van der Waals surface area contributed by atoms with E-state index in [1.807, 2.05) is 31.2 Å². The lowest BCUT2D eigenvalue weighted by atomic mass is 9.87. The fourth-order valence-corrected chi connectivity index (χ4v) is 5.23. The summed E-state index contributed by atoms with van der Waals surface area (Å²) in [6.07, 6.45) is 10.7. The van der Waals surface area contributed by atoms with Gasteiger partial charge in [-0.15, -0.1) is 0 Å². The molecule has 192 valence electrons. The molecule has 2 aromatic carbocycles. The van der Waals surface area contributed by atoms with Gasteiger partial charge in [0.05, 0.1) is 5.97 Å². The first-order valence-corrected chi connectivity index (χ1v) is 14.0. The number of thioether (sulfide) groups is 1. The molecule has 5 nitrogen and oxygen atoms in total. The van der Waals surface area contributed by atoms with Crippen LogP contribution in [-0.4, -0.2) is 41.9 Å². The molecule has 1 amide bonds.